The molecular weight excluding hydrogens is 578 g/mol. The van der Waals surface area contributed by atoms with E-state index < -0.39 is 52.6 Å². The van der Waals surface area contributed by atoms with Crippen LogP contribution in [0.25, 0.3) is 33.4 Å². The zero-order valence-electron chi connectivity index (χ0n) is 21.7. The SMILES string of the molecule is COCCOCCCNS(=O)(=O)c1c(N)ccc2c(-c3ccccc3C(=O)O)c3ccc(=N)c(S(=O)(=O)[O-])c-3oc12. The Bertz CT molecular complexity index is 1870. The third-order valence-electron chi connectivity index (χ3n) is 6.13. The minimum Gasteiger partial charge on any atom is -0.744 e. The Morgan fingerprint density at radius 2 is 1.76 bits per heavy atom. The number of aromatic carboxylic acids is 1. The molecule has 0 fully saturated rings. The van der Waals surface area contributed by atoms with E-state index in [0.29, 0.717) is 19.6 Å². The standard InChI is InChI=1S/C26H27N3O10S2/c1-37-13-14-38-12-4-11-29-40(32,33)24-19(27)9-7-17-21(15-5-2-3-6-16(15)26(30)31)18-8-10-20(28)25(41(34,35)36)23(18)39-22(17)24/h2-3,5-10,28-29H,4,11-14,27H2,1H3,(H,30,31)(H,34,35,36)/p-1. The Hall–Kier alpha value is -3.86. The van der Waals surface area contributed by atoms with Crippen LogP contribution in [0.4, 0.5) is 5.69 Å². The summed E-state index contributed by atoms with van der Waals surface area (Å²) in [6, 6.07) is 10.9. The van der Waals surface area contributed by atoms with Gasteiger partial charge in [0.2, 0.25) is 10.0 Å². The van der Waals surface area contributed by atoms with E-state index >= 15 is 0 Å². The molecule has 41 heavy (non-hydrogen) atoms. The van der Waals surface area contributed by atoms with Crippen molar-refractivity contribution in [1.82, 2.24) is 4.72 Å². The van der Waals surface area contributed by atoms with Crippen LogP contribution in [0.1, 0.15) is 16.8 Å². The van der Waals surface area contributed by atoms with Gasteiger partial charge in [-0.25, -0.2) is 26.4 Å². The van der Waals surface area contributed by atoms with Crippen LogP contribution in [-0.4, -0.2) is 65.9 Å². The van der Waals surface area contributed by atoms with E-state index in [1.54, 1.807) is 6.07 Å². The first-order chi connectivity index (χ1) is 19.4. The van der Waals surface area contributed by atoms with Gasteiger partial charge >= 0.3 is 5.97 Å². The molecular formula is C26H26N3O10S2-. The third kappa shape index (κ3) is 6.09. The normalized spacial score (nSPS) is 12.2. The highest BCUT2D eigenvalue weighted by Gasteiger charge is 2.30. The van der Waals surface area contributed by atoms with Crippen LogP contribution >= 0.6 is 0 Å². The van der Waals surface area contributed by atoms with Gasteiger partial charge in [-0.15, -0.1) is 0 Å². The van der Waals surface area contributed by atoms with Crippen molar-refractivity contribution >= 4 is 42.8 Å². The zero-order valence-corrected chi connectivity index (χ0v) is 23.3. The highest BCUT2D eigenvalue weighted by atomic mass is 32.2. The molecule has 0 aromatic heterocycles. The fourth-order valence-electron chi connectivity index (χ4n) is 4.38. The number of hydrogen-bond acceptors (Lipinski definition) is 11. The Morgan fingerprint density at radius 1 is 1.02 bits per heavy atom. The van der Waals surface area contributed by atoms with Crippen molar-refractivity contribution in [2.75, 3.05) is 39.2 Å². The second kappa shape index (κ2) is 11.9. The highest BCUT2D eigenvalue weighted by Crippen LogP contribution is 2.45. The molecule has 0 unspecified atom stereocenters. The van der Waals surface area contributed by atoms with E-state index in [9.17, 15) is 31.3 Å². The van der Waals surface area contributed by atoms with E-state index in [4.69, 9.17) is 25.0 Å². The lowest BCUT2D eigenvalue weighted by Gasteiger charge is -2.21. The molecule has 5 N–H and O–H groups in total. The molecule has 0 saturated carbocycles. The van der Waals surface area contributed by atoms with Crippen molar-refractivity contribution in [3.8, 4) is 22.5 Å². The monoisotopic (exact) mass is 604 g/mol. The lowest BCUT2D eigenvalue weighted by atomic mass is 9.90. The number of benzene rings is 3. The maximum Gasteiger partial charge on any atom is 0.336 e. The molecule has 13 nitrogen and oxygen atoms in total. The Balaban J connectivity index is 2.02. The van der Waals surface area contributed by atoms with E-state index in [-0.39, 0.29) is 46.5 Å². The maximum absolute atomic E-state index is 13.5. The fourth-order valence-corrected chi connectivity index (χ4v) is 6.43. The molecule has 218 valence electrons. The zero-order chi connectivity index (χ0) is 29.9. The van der Waals surface area contributed by atoms with Gasteiger partial charge in [0.25, 0.3) is 0 Å². The van der Waals surface area contributed by atoms with E-state index in [2.05, 4.69) is 4.72 Å². The van der Waals surface area contributed by atoms with Gasteiger partial charge in [-0.2, -0.15) is 0 Å². The van der Waals surface area contributed by atoms with Crippen molar-refractivity contribution in [2.45, 2.75) is 16.2 Å². The number of ether oxygens (including phenoxy) is 2. The number of rotatable bonds is 12. The van der Waals surface area contributed by atoms with Crippen molar-refractivity contribution in [1.29, 1.82) is 5.41 Å². The average Bonchev–Trinajstić information content (AvgIpc) is 2.90. The van der Waals surface area contributed by atoms with Crippen LogP contribution in [-0.2, 0) is 29.6 Å². The summed E-state index contributed by atoms with van der Waals surface area (Å²) in [5, 5.41) is 17.4. The lowest BCUT2D eigenvalue weighted by Crippen LogP contribution is -2.27. The van der Waals surface area contributed by atoms with Crippen molar-refractivity contribution in [2.24, 2.45) is 0 Å². The van der Waals surface area contributed by atoms with Gasteiger partial charge in [0.05, 0.1) is 29.8 Å². The Labute approximate surface area is 235 Å². The molecule has 15 heteroatoms. The van der Waals surface area contributed by atoms with Gasteiger partial charge < -0.3 is 29.3 Å². The van der Waals surface area contributed by atoms with E-state index in [1.165, 1.54) is 43.5 Å². The minimum atomic E-state index is -5.31. The van der Waals surface area contributed by atoms with Crippen molar-refractivity contribution < 1.29 is 45.2 Å². The van der Waals surface area contributed by atoms with E-state index in [0.717, 1.165) is 6.07 Å². The molecule has 2 aliphatic rings. The number of nitrogen functional groups attached to an aromatic ring is 1. The summed E-state index contributed by atoms with van der Waals surface area (Å²) in [6.07, 6.45) is 0.297. The average molecular weight is 605 g/mol. The number of carboxylic acids is 1. The quantitative estimate of drug-likeness (QED) is 0.0794. The summed E-state index contributed by atoms with van der Waals surface area (Å²) in [4.78, 5) is 10.5. The van der Waals surface area contributed by atoms with Crippen LogP contribution < -0.4 is 15.8 Å². The Morgan fingerprint density at radius 3 is 2.44 bits per heavy atom. The third-order valence-corrected chi connectivity index (χ3v) is 8.58. The number of fused-ring (bicyclic) bond motifs is 2. The predicted octanol–water partition coefficient (Wildman–Crippen LogP) is 2.20. The number of carbonyl (C=O) groups is 1. The van der Waals surface area contributed by atoms with Crippen molar-refractivity contribution in [3.05, 3.63) is 59.5 Å². The number of methoxy groups -OCH3 is 1. The summed E-state index contributed by atoms with van der Waals surface area (Å²) in [5.74, 6) is -1.92. The van der Waals surface area contributed by atoms with Crippen LogP contribution in [0.2, 0.25) is 0 Å². The summed E-state index contributed by atoms with van der Waals surface area (Å²) >= 11 is 0. The molecule has 1 aliphatic heterocycles. The summed E-state index contributed by atoms with van der Waals surface area (Å²) in [7, 11) is -8.19. The maximum atomic E-state index is 13.5. The molecule has 0 spiro atoms. The van der Waals surface area contributed by atoms with Gasteiger partial charge in [-0.1, -0.05) is 18.2 Å². The first-order valence-corrected chi connectivity index (χ1v) is 15.0. The van der Waals surface area contributed by atoms with Crippen LogP contribution in [0.15, 0.2) is 62.7 Å². The molecule has 0 saturated heterocycles. The number of nitrogens with two attached hydrogens (primary N) is 1. The molecule has 1 aliphatic carbocycles. The molecule has 2 aromatic carbocycles. The number of anilines is 1. The number of nitrogens with one attached hydrogen (secondary N) is 2. The molecule has 0 radical (unpaired) electrons. The molecule has 2 aromatic rings. The predicted molar refractivity (Wildman–Crippen MR) is 146 cm³/mol. The van der Waals surface area contributed by atoms with Gasteiger partial charge in [0.15, 0.2) is 11.3 Å². The van der Waals surface area contributed by atoms with Crippen LogP contribution in [0.3, 0.4) is 0 Å². The number of hydrogen-bond donors (Lipinski definition) is 4. The molecule has 0 bridgehead atoms. The lowest BCUT2D eigenvalue weighted by molar-refractivity contribution is 0.0697. The van der Waals surface area contributed by atoms with Crippen molar-refractivity contribution in [3.63, 3.8) is 0 Å². The minimum absolute atomic E-state index is 0.0223. The van der Waals surface area contributed by atoms with Gasteiger partial charge in [-0.3, -0.25) is 5.41 Å². The van der Waals surface area contributed by atoms with Gasteiger partial charge in [0, 0.05) is 36.8 Å². The van der Waals surface area contributed by atoms with E-state index in [1.807, 2.05) is 0 Å². The second-order valence-corrected chi connectivity index (χ2v) is 11.8. The van der Waals surface area contributed by atoms with Gasteiger partial charge in [0.1, 0.15) is 19.9 Å². The summed E-state index contributed by atoms with van der Waals surface area (Å²) < 4.78 is 82.1. The second-order valence-electron chi connectivity index (χ2n) is 8.82. The highest BCUT2D eigenvalue weighted by molar-refractivity contribution is 7.90. The largest absolute Gasteiger partial charge is 0.744 e. The van der Waals surface area contributed by atoms with Gasteiger partial charge in [-0.05, 0) is 42.3 Å². The molecule has 4 rings (SSSR count). The topological polar surface area (TPSA) is 222 Å². The first-order valence-electron chi connectivity index (χ1n) is 12.1. The van der Waals surface area contributed by atoms with Crippen LogP contribution in [0.5, 0.6) is 0 Å². The molecule has 0 atom stereocenters. The first kappa shape index (κ1) is 30.1. The summed E-state index contributed by atoms with van der Waals surface area (Å²) in [6.45, 7) is 0.890. The fraction of sp³-hybridized carbons (Fsp3) is 0.231. The number of sulfonamides is 1. The number of carboxylic acid groups (broad SMARTS) is 1. The smallest absolute Gasteiger partial charge is 0.336 e. The molecule has 1 heterocycles. The Kier molecular flexibility index (Phi) is 8.77. The van der Waals surface area contributed by atoms with Crippen LogP contribution in [0, 0.1) is 5.41 Å². The molecule has 0 amide bonds. The summed E-state index contributed by atoms with van der Waals surface area (Å²) in [5.41, 5.74) is 5.37.